The minimum atomic E-state index is -0.172. The molecule has 1 atom stereocenters. The van der Waals surface area contributed by atoms with Crippen LogP contribution in [-0.2, 0) is 4.79 Å². The van der Waals surface area contributed by atoms with Gasteiger partial charge in [0.05, 0.1) is 0 Å². The van der Waals surface area contributed by atoms with Gasteiger partial charge in [-0.3, -0.25) is 9.59 Å². The molecule has 0 fully saturated rings. The van der Waals surface area contributed by atoms with E-state index in [1.807, 2.05) is 19.9 Å². The number of amides is 2. The zero-order chi connectivity index (χ0) is 15.1. The Labute approximate surface area is 119 Å². The van der Waals surface area contributed by atoms with Gasteiger partial charge in [-0.05, 0) is 37.1 Å². The number of benzene rings is 1. The molecule has 0 aliphatic heterocycles. The number of anilines is 1. The molecule has 1 unspecified atom stereocenters. The molecule has 1 rings (SSSR count). The summed E-state index contributed by atoms with van der Waals surface area (Å²) in [4.78, 5) is 23.6. The first-order chi connectivity index (χ1) is 9.51. The number of rotatable bonds is 6. The summed E-state index contributed by atoms with van der Waals surface area (Å²) in [5, 5.41) is 5.42. The predicted octanol–water partition coefficient (Wildman–Crippen LogP) is 1.67. The highest BCUT2D eigenvalue weighted by atomic mass is 16.2. The minimum Gasteiger partial charge on any atom is -0.355 e. The maximum absolute atomic E-state index is 12.0. The summed E-state index contributed by atoms with van der Waals surface area (Å²) in [5.74, 6) is -0.0502. The van der Waals surface area contributed by atoms with Crippen molar-refractivity contribution >= 4 is 17.5 Å². The van der Waals surface area contributed by atoms with Gasteiger partial charge in [-0.15, -0.1) is 0 Å². The average Bonchev–Trinajstić information content (AvgIpc) is 2.46. The van der Waals surface area contributed by atoms with Gasteiger partial charge in [-0.2, -0.15) is 0 Å². The van der Waals surface area contributed by atoms with E-state index in [0.29, 0.717) is 24.2 Å². The Morgan fingerprint density at radius 2 is 2.05 bits per heavy atom. The molecule has 0 spiro atoms. The van der Waals surface area contributed by atoms with Gasteiger partial charge in [0, 0.05) is 24.7 Å². The van der Waals surface area contributed by atoms with E-state index in [1.165, 1.54) is 0 Å². The molecular formula is C15H23N3O2. The standard InChI is InChI=1S/C15H23N3O2/c1-4-11(9-16)7-14(19)18-13-8-12(15(20)17-3)6-5-10(13)2/h5-6,8,11H,4,7,9,16H2,1-3H3,(H,17,20)(H,18,19). The lowest BCUT2D eigenvalue weighted by Gasteiger charge is -2.14. The lowest BCUT2D eigenvalue weighted by Crippen LogP contribution is -2.22. The maximum atomic E-state index is 12.0. The Morgan fingerprint density at radius 3 is 2.60 bits per heavy atom. The fraction of sp³-hybridized carbons (Fsp3) is 0.467. The molecule has 0 aromatic heterocycles. The van der Waals surface area contributed by atoms with Crippen molar-refractivity contribution < 1.29 is 9.59 Å². The molecule has 0 heterocycles. The second-order valence-electron chi connectivity index (χ2n) is 4.87. The summed E-state index contributed by atoms with van der Waals surface area (Å²) < 4.78 is 0. The zero-order valence-corrected chi connectivity index (χ0v) is 12.3. The second kappa shape index (κ2) is 7.65. The van der Waals surface area contributed by atoms with E-state index in [9.17, 15) is 9.59 Å². The first-order valence-corrected chi connectivity index (χ1v) is 6.84. The van der Waals surface area contributed by atoms with Crippen LogP contribution in [0.5, 0.6) is 0 Å². The third-order valence-corrected chi connectivity index (χ3v) is 3.39. The van der Waals surface area contributed by atoms with E-state index in [2.05, 4.69) is 10.6 Å². The van der Waals surface area contributed by atoms with Crippen LogP contribution in [0.25, 0.3) is 0 Å². The van der Waals surface area contributed by atoms with Crippen LogP contribution >= 0.6 is 0 Å². The highest BCUT2D eigenvalue weighted by Crippen LogP contribution is 2.18. The molecule has 20 heavy (non-hydrogen) atoms. The Morgan fingerprint density at radius 1 is 1.35 bits per heavy atom. The molecule has 0 aliphatic carbocycles. The molecule has 1 aromatic rings. The SMILES string of the molecule is CCC(CN)CC(=O)Nc1cc(C(=O)NC)ccc1C. The van der Waals surface area contributed by atoms with E-state index in [4.69, 9.17) is 5.73 Å². The molecule has 0 bridgehead atoms. The van der Waals surface area contributed by atoms with Crippen LogP contribution in [0.1, 0.15) is 35.7 Å². The monoisotopic (exact) mass is 277 g/mol. The number of carbonyl (C=O) groups is 2. The molecule has 0 aliphatic rings. The highest BCUT2D eigenvalue weighted by molar-refractivity contribution is 5.97. The van der Waals surface area contributed by atoms with Crippen molar-refractivity contribution in [2.24, 2.45) is 11.7 Å². The van der Waals surface area contributed by atoms with Crippen molar-refractivity contribution in [2.45, 2.75) is 26.7 Å². The number of nitrogens with two attached hydrogens (primary N) is 1. The summed E-state index contributed by atoms with van der Waals surface area (Å²) >= 11 is 0. The van der Waals surface area contributed by atoms with Crippen molar-refractivity contribution in [3.63, 3.8) is 0 Å². The third kappa shape index (κ3) is 4.35. The van der Waals surface area contributed by atoms with Gasteiger partial charge < -0.3 is 16.4 Å². The molecule has 110 valence electrons. The Hall–Kier alpha value is -1.88. The van der Waals surface area contributed by atoms with Crippen LogP contribution < -0.4 is 16.4 Å². The predicted molar refractivity (Wildman–Crippen MR) is 80.7 cm³/mol. The van der Waals surface area contributed by atoms with Gasteiger partial charge in [0.1, 0.15) is 0 Å². The summed E-state index contributed by atoms with van der Waals surface area (Å²) in [7, 11) is 1.58. The van der Waals surface area contributed by atoms with Crippen LogP contribution in [0.2, 0.25) is 0 Å². The van der Waals surface area contributed by atoms with Gasteiger partial charge in [-0.25, -0.2) is 0 Å². The first-order valence-electron chi connectivity index (χ1n) is 6.84. The smallest absolute Gasteiger partial charge is 0.251 e. The number of hydrogen-bond donors (Lipinski definition) is 3. The number of carbonyl (C=O) groups excluding carboxylic acids is 2. The van der Waals surface area contributed by atoms with Gasteiger partial charge in [-0.1, -0.05) is 19.4 Å². The Balaban J connectivity index is 2.81. The Kier molecular flexibility index (Phi) is 6.18. The van der Waals surface area contributed by atoms with Gasteiger partial charge in [0.2, 0.25) is 5.91 Å². The molecule has 0 radical (unpaired) electrons. The summed E-state index contributed by atoms with van der Waals surface area (Å²) in [6.07, 6.45) is 1.28. The van der Waals surface area contributed by atoms with E-state index in [-0.39, 0.29) is 17.7 Å². The van der Waals surface area contributed by atoms with Crippen molar-refractivity contribution in [3.05, 3.63) is 29.3 Å². The van der Waals surface area contributed by atoms with Crippen molar-refractivity contribution in [1.82, 2.24) is 5.32 Å². The van der Waals surface area contributed by atoms with Crippen LogP contribution in [0, 0.1) is 12.8 Å². The molecule has 4 N–H and O–H groups in total. The number of aryl methyl sites for hydroxylation is 1. The van der Waals surface area contributed by atoms with Crippen molar-refractivity contribution in [2.75, 3.05) is 18.9 Å². The third-order valence-electron chi connectivity index (χ3n) is 3.39. The van der Waals surface area contributed by atoms with Gasteiger partial charge in [0.15, 0.2) is 0 Å². The minimum absolute atomic E-state index is 0.0699. The van der Waals surface area contributed by atoms with E-state index < -0.39 is 0 Å². The lowest BCUT2D eigenvalue weighted by atomic mass is 10.0. The second-order valence-corrected chi connectivity index (χ2v) is 4.87. The van der Waals surface area contributed by atoms with Crippen LogP contribution in [0.15, 0.2) is 18.2 Å². The highest BCUT2D eigenvalue weighted by Gasteiger charge is 2.13. The van der Waals surface area contributed by atoms with Gasteiger partial charge in [0.25, 0.3) is 5.91 Å². The molecular weight excluding hydrogens is 254 g/mol. The first kappa shape index (κ1) is 16.2. The van der Waals surface area contributed by atoms with Crippen LogP contribution in [0.4, 0.5) is 5.69 Å². The van der Waals surface area contributed by atoms with Gasteiger partial charge >= 0.3 is 0 Å². The summed E-state index contributed by atoms with van der Waals surface area (Å²) in [6.45, 7) is 4.41. The topological polar surface area (TPSA) is 84.2 Å². The van der Waals surface area contributed by atoms with E-state index >= 15 is 0 Å². The fourth-order valence-corrected chi connectivity index (χ4v) is 1.90. The molecule has 0 saturated heterocycles. The van der Waals surface area contributed by atoms with Crippen LogP contribution in [-0.4, -0.2) is 25.4 Å². The average molecular weight is 277 g/mol. The van der Waals surface area contributed by atoms with Crippen molar-refractivity contribution in [1.29, 1.82) is 0 Å². The number of hydrogen-bond acceptors (Lipinski definition) is 3. The van der Waals surface area contributed by atoms with E-state index in [1.54, 1.807) is 19.2 Å². The van der Waals surface area contributed by atoms with E-state index in [0.717, 1.165) is 12.0 Å². The largest absolute Gasteiger partial charge is 0.355 e. The lowest BCUT2D eigenvalue weighted by molar-refractivity contribution is -0.117. The number of nitrogens with one attached hydrogen (secondary N) is 2. The van der Waals surface area contributed by atoms with Crippen molar-refractivity contribution in [3.8, 4) is 0 Å². The molecule has 5 nitrogen and oxygen atoms in total. The molecule has 2 amide bonds. The summed E-state index contributed by atoms with van der Waals surface area (Å²) in [5.41, 5.74) is 7.72. The maximum Gasteiger partial charge on any atom is 0.251 e. The van der Waals surface area contributed by atoms with Crippen LogP contribution in [0.3, 0.4) is 0 Å². The molecule has 1 aromatic carbocycles. The zero-order valence-electron chi connectivity index (χ0n) is 12.3. The fourth-order valence-electron chi connectivity index (χ4n) is 1.90. The molecule has 5 heteroatoms. The quantitative estimate of drug-likeness (QED) is 0.739. The summed E-state index contributed by atoms with van der Waals surface area (Å²) in [6, 6.07) is 5.24. The normalized spacial score (nSPS) is 11.8. The molecule has 0 saturated carbocycles. The Bertz CT molecular complexity index is 482.